The summed E-state index contributed by atoms with van der Waals surface area (Å²) in [5, 5.41) is 13.1. The lowest BCUT2D eigenvalue weighted by Crippen LogP contribution is -2.48. The number of piperazine rings is 1. The molecule has 7 nitrogen and oxygen atoms in total. The number of rotatable bonds is 5. The maximum atomic E-state index is 13.8. The van der Waals surface area contributed by atoms with E-state index < -0.39 is 12.0 Å². The molecule has 1 fully saturated rings. The fourth-order valence-electron chi connectivity index (χ4n) is 3.04. The van der Waals surface area contributed by atoms with Gasteiger partial charge < -0.3 is 10.0 Å². The van der Waals surface area contributed by atoms with Gasteiger partial charge in [0.15, 0.2) is 0 Å². The van der Waals surface area contributed by atoms with Gasteiger partial charge in [-0.25, -0.2) is 13.9 Å². The van der Waals surface area contributed by atoms with E-state index in [4.69, 9.17) is 5.11 Å². The van der Waals surface area contributed by atoms with Crippen LogP contribution in [0.3, 0.4) is 0 Å². The van der Waals surface area contributed by atoms with Crippen LogP contribution in [-0.4, -0.2) is 62.7 Å². The largest absolute Gasteiger partial charge is 0.480 e. The molecular formula is C18H21FN4O3. The normalized spacial score (nSPS) is 16.5. The Kier molecular flexibility index (Phi) is 5.32. The molecule has 1 aliphatic rings. The van der Waals surface area contributed by atoms with Crippen LogP contribution in [0, 0.1) is 5.82 Å². The molecule has 0 spiro atoms. The van der Waals surface area contributed by atoms with Gasteiger partial charge in [-0.1, -0.05) is 18.2 Å². The number of nitrogens with zero attached hydrogens (tertiary/aromatic N) is 4. The van der Waals surface area contributed by atoms with E-state index >= 15 is 0 Å². The van der Waals surface area contributed by atoms with Gasteiger partial charge in [-0.2, -0.15) is 5.10 Å². The van der Waals surface area contributed by atoms with E-state index in [1.807, 2.05) is 6.07 Å². The molecular weight excluding hydrogens is 339 g/mol. The Morgan fingerprint density at radius 2 is 1.88 bits per heavy atom. The highest BCUT2D eigenvalue weighted by Gasteiger charge is 2.27. The van der Waals surface area contributed by atoms with E-state index in [2.05, 4.69) is 10.00 Å². The molecule has 3 rings (SSSR count). The summed E-state index contributed by atoms with van der Waals surface area (Å²) >= 11 is 0. The number of amides is 1. The molecule has 8 heteroatoms. The van der Waals surface area contributed by atoms with Crippen LogP contribution in [0.15, 0.2) is 36.5 Å². The summed E-state index contributed by atoms with van der Waals surface area (Å²) in [7, 11) is 0. The van der Waals surface area contributed by atoms with Crippen molar-refractivity contribution in [3.05, 3.63) is 53.6 Å². The highest BCUT2D eigenvalue weighted by molar-refractivity contribution is 5.93. The second-order valence-electron chi connectivity index (χ2n) is 6.33. The maximum absolute atomic E-state index is 13.8. The van der Waals surface area contributed by atoms with Crippen molar-refractivity contribution in [3.8, 4) is 0 Å². The monoisotopic (exact) mass is 360 g/mol. The minimum Gasteiger partial charge on any atom is -0.480 e. The molecule has 0 bridgehead atoms. The number of hydrogen-bond acceptors (Lipinski definition) is 4. The van der Waals surface area contributed by atoms with Crippen LogP contribution in [0.1, 0.15) is 29.0 Å². The molecule has 26 heavy (non-hydrogen) atoms. The molecule has 1 N–H and O–H groups in total. The quantitative estimate of drug-likeness (QED) is 0.877. The van der Waals surface area contributed by atoms with Crippen molar-refractivity contribution < 1.29 is 19.1 Å². The van der Waals surface area contributed by atoms with Crippen molar-refractivity contribution in [3.63, 3.8) is 0 Å². The van der Waals surface area contributed by atoms with Crippen LogP contribution in [0.4, 0.5) is 4.39 Å². The Morgan fingerprint density at radius 1 is 1.19 bits per heavy atom. The van der Waals surface area contributed by atoms with Gasteiger partial charge in [0.05, 0.1) is 0 Å². The van der Waals surface area contributed by atoms with Crippen molar-refractivity contribution in [2.75, 3.05) is 26.2 Å². The van der Waals surface area contributed by atoms with Gasteiger partial charge in [0, 0.05) is 44.5 Å². The van der Waals surface area contributed by atoms with Crippen molar-refractivity contribution in [2.45, 2.75) is 19.5 Å². The van der Waals surface area contributed by atoms with Gasteiger partial charge in [-0.3, -0.25) is 9.69 Å². The molecule has 1 aromatic heterocycles. The second-order valence-corrected chi connectivity index (χ2v) is 6.33. The van der Waals surface area contributed by atoms with Crippen LogP contribution >= 0.6 is 0 Å². The van der Waals surface area contributed by atoms with Crippen molar-refractivity contribution in [1.82, 2.24) is 19.6 Å². The molecule has 2 heterocycles. The van der Waals surface area contributed by atoms with E-state index in [1.54, 1.807) is 17.0 Å². The molecule has 1 atom stereocenters. The van der Waals surface area contributed by atoms with Crippen LogP contribution in [0.5, 0.6) is 0 Å². The maximum Gasteiger partial charge on any atom is 0.328 e. The average Bonchev–Trinajstić information content (AvgIpc) is 3.12. The summed E-state index contributed by atoms with van der Waals surface area (Å²) in [5.41, 5.74) is 0.906. The van der Waals surface area contributed by atoms with Gasteiger partial charge in [-0.05, 0) is 19.1 Å². The first-order chi connectivity index (χ1) is 12.5. The van der Waals surface area contributed by atoms with Crippen molar-refractivity contribution in [2.24, 2.45) is 0 Å². The number of hydrogen-bond donors (Lipinski definition) is 1. The lowest BCUT2D eigenvalue weighted by Gasteiger charge is -2.34. The van der Waals surface area contributed by atoms with E-state index in [0.717, 1.165) is 0 Å². The summed E-state index contributed by atoms with van der Waals surface area (Å²) in [4.78, 5) is 27.7. The molecule has 1 saturated heterocycles. The topological polar surface area (TPSA) is 78.7 Å². The molecule has 0 radical (unpaired) electrons. The van der Waals surface area contributed by atoms with E-state index in [9.17, 15) is 14.0 Å². The third kappa shape index (κ3) is 3.75. The van der Waals surface area contributed by atoms with Gasteiger partial charge in [0.1, 0.15) is 17.6 Å². The Balaban J connectivity index is 1.62. The van der Waals surface area contributed by atoms with E-state index in [-0.39, 0.29) is 17.4 Å². The molecule has 2 aromatic rings. The number of carboxylic acids is 1. The zero-order valence-corrected chi connectivity index (χ0v) is 14.5. The third-order valence-corrected chi connectivity index (χ3v) is 4.62. The number of halogens is 1. The lowest BCUT2D eigenvalue weighted by atomic mass is 10.2. The Hall–Kier alpha value is -2.74. The van der Waals surface area contributed by atoms with Gasteiger partial charge in [0.2, 0.25) is 0 Å². The summed E-state index contributed by atoms with van der Waals surface area (Å²) in [6.07, 6.45) is 1.43. The van der Waals surface area contributed by atoms with Crippen molar-refractivity contribution >= 4 is 11.9 Å². The van der Waals surface area contributed by atoms with Gasteiger partial charge in [0.25, 0.3) is 5.91 Å². The molecule has 1 aliphatic heterocycles. The number of carbonyl (C=O) groups excluding carboxylic acids is 1. The van der Waals surface area contributed by atoms with Gasteiger partial charge >= 0.3 is 5.97 Å². The summed E-state index contributed by atoms with van der Waals surface area (Å²) in [5.74, 6) is -1.50. The number of carbonyl (C=O) groups is 2. The summed E-state index contributed by atoms with van der Waals surface area (Å²) < 4.78 is 15.0. The molecule has 0 saturated carbocycles. The first kappa shape index (κ1) is 18.1. The molecule has 1 unspecified atom stereocenters. The zero-order chi connectivity index (χ0) is 18.7. The highest BCUT2D eigenvalue weighted by Crippen LogP contribution is 2.15. The predicted molar refractivity (Wildman–Crippen MR) is 92.2 cm³/mol. The Labute approximate surface area is 150 Å². The lowest BCUT2D eigenvalue weighted by molar-refractivity contribution is -0.140. The second kappa shape index (κ2) is 7.65. The molecule has 0 aliphatic carbocycles. The first-order valence-electron chi connectivity index (χ1n) is 8.48. The Morgan fingerprint density at radius 3 is 2.54 bits per heavy atom. The summed E-state index contributed by atoms with van der Waals surface area (Å²) in [6.45, 7) is 4.24. The fourth-order valence-corrected chi connectivity index (χ4v) is 3.04. The summed E-state index contributed by atoms with van der Waals surface area (Å²) in [6, 6.07) is 7.30. The van der Waals surface area contributed by atoms with Crippen LogP contribution in [-0.2, 0) is 11.3 Å². The number of carboxylic acid groups (broad SMARTS) is 1. The van der Waals surface area contributed by atoms with Crippen LogP contribution in [0.25, 0.3) is 0 Å². The first-order valence-corrected chi connectivity index (χ1v) is 8.48. The molecule has 138 valence electrons. The van der Waals surface area contributed by atoms with Crippen LogP contribution in [0.2, 0.25) is 0 Å². The smallest absolute Gasteiger partial charge is 0.328 e. The molecule has 1 amide bonds. The van der Waals surface area contributed by atoms with E-state index in [1.165, 1.54) is 29.9 Å². The number of aliphatic carboxylic acids is 1. The fraction of sp³-hybridized carbons (Fsp3) is 0.389. The number of aromatic nitrogens is 2. The standard InChI is InChI=1S/C18H21FN4O3/c1-13(18(25)26)23-16(6-7-20-23)17(24)22-10-8-21(9-11-22)12-14-4-2-3-5-15(14)19/h2-7,13H,8-12H2,1H3,(H,25,26). The Bertz CT molecular complexity index is 799. The van der Waals surface area contributed by atoms with Crippen molar-refractivity contribution in [1.29, 1.82) is 0 Å². The third-order valence-electron chi connectivity index (χ3n) is 4.62. The van der Waals surface area contributed by atoms with E-state index in [0.29, 0.717) is 38.3 Å². The average molecular weight is 360 g/mol. The predicted octanol–water partition coefficient (Wildman–Crippen LogP) is 1.63. The molecule has 1 aromatic carbocycles. The minimum atomic E-state index is -1.04. The minimum absolute atomic E-state index is 0.224. The number of benzene rings is 1. The zero-order valence-electron chi connectivity index (χ0n) is 14.5. The van der Waals surface area contributed by atoms with Crippen LogP contribution < -0.4 is 0 Å². The SMILES string of the molecule is CC(C(=O)O)n1nccc1C(=O)N1CCN(Cc2ccccc2F)CC1. The van der Waals surface area contributed by atoms with Gasteiger partial charge in [-0.15, -0.1) is 0 Å². The highest BCUT2D eigenvalue weighted by atomic mass is 19.1.